The van der Waals surface area contributed by atoms with Gasteiger partial charge in [-0.1, -0.05) is 53.5 Å². The van der Waals surface area contributed by atoms with Crippen molar-refractivity contribution in [2.45, 2.75) is 42.5 Å². The molecule has 0 spiro atoms. The fraction of sp³-hybridized carbons (Fsp3) is 0.235. The van der Waals surface area contributed by atoms with Crippen LogP contribution in [0.1, 0.15) is 35.4 Å². The molecule has 5 aromatic rings. The normalized spacial score (nSPS) is 14.7. The van der Waals surface area contributed by atoms with Crippen molar-refractivity contribution in [1.82, 2.24) is 14.3 Å². The average molecular weight is 648 g/mol. The minimum atomic E-state index is -3.63. The maximum Gasteiger partial charge on any atom is 0.243 e. The van der Waals surface area contributed by atoms with E-state index in [-0.39, 0.29) is 22.6 Å². The van der Waals surface area contributed by atoms with Gasteiger partial charge < -0.3 is 10.4 Å². The summed E-state index contributed by atoms with van der Waals surface area (Å²) in [4.78, 5) is 9.31. The zero-order valence-electron chi connectivity index (χ0n) is 23.9. The molecule has 4 aromatic carbocycles. The zero-order chi connectivity index (χ0) is 30.7. The van der Waals surface area contributed by atoms with Gasteiger partial charge in [-0.3, -0.25) is 0 Å². The first-order valence-electron chi connectivity index (χ1n) is 14.5. The van der Waals surface area contributed by atoms with Gasteiger partial charge >= 0.3 is 0 Å². The molecular formula is C34H32Cl2N4O3S. The SMILES string of the molecule is O=S(=O)(c1ccc(O)cc1)N1CCC(Nc2ncnc3ccc(C(Cc4ccc(Cl)cc4)Cc4ccc(Cl)cc4)cc23)CC1. The summed E-state index contributed by atoms with van der Waals surface area (Å²) in [5.41, 5.74) is 4.42. The third-order valence-electron chi connectivity index (χ3n) is 8.19. The number of hydrogen-bond acceptors (Lipinski definition) is 6. The summed E-state index contributed by atoms with van der Waals surface area (Å²) in [5, 5.41) is 15.5. The zero-order valence-corrected chi connectivity index (χ0v) is 26.2. The van der Waals surface area contributed by atoms with Crippen molar-refractivity contribution in [1.29, 1.82) is 0 Å². The number of rotatable bonds is 9. The van der Waals surface area contributed by atoms with Gasteiger partial charge in [-0.25, -0.2) is 18.4 Å². The van der Waals surface area contributed by atoms with Gasteiger partial charge in [0.05, 0.1) is 10.4 Å². The monoisotopic (exact) mass is 646 g/mol. The molecule has 0 amide bonds. The summed E-state index contributed by atoms with van der Waals surface area (Å²) >= 11 is 12.3. The molecule has 1 aromatic heterocycles. The fourth-order valence-electron chi connectivity index (χ4n) is 5.76. The molecule has 1 aliphatic rings. The maximum absolute atomic E-state index is 13.1. The molecule has 2 N–H and O–H groups in total. The van der Waals surface area contributed by atoms with Gasteiger partial charge in [0.2, 0.25) is 10.0 Å². The summed E-state index contributed by atoms with van der Waals surface area (Å²) in [7, 11) is -3.63. The van der Waals surface area contributed by atoms with E-state index in [2.05, 4.69) is 51.7 Å². The lowest BCUT2D eigenvalue weighted by Gasteiger charge is -2.32. The van der Waals surface area contributed by atoms with Gasteiger partial charge in [0, 0.05) is 34.6 Å². The lowest BCUT2D eigenvalue weighted by atomic mass is 9.86. The second kappa shape index (κ2) is 13.1. The molecule has 0 bridgehead atoms. The minimum Gasteiger partial charge on any atom is -0.508 e. The number of anilines is 1. The Morgan fingerprint density at radius 1 is 0.818 bits per heavy atom. The lowest BCUT2D eigenvalue weighted by molar-refractivity contribution is 0.329. The number of phenols is 1. The van der Waals surface area contributed by atoms with Crippen LogP contribution >= 0.6 is 23.2 Å². The molecule has 0 radical (unpaired) electrons. The Bertz CT molecular complexity index is 1800. The minimum absolute atomic E-state index is 0.0355. The summed E-state index contributed by atoms with van der Waals surface area (Å²) in [6.45, 7) is 0.777. The number of nitrogens with one attached hydrogen (secondary N) is 1. The molecule has 10 heteroatoms. The lowest BCUT2D eigenvalue weighted by Crippen LogP contribution is -2.42. The standard InChI is InChI=1S/C34H32Cl2N4O3S/c35-27-6-1-23(2-7-27)19-26(20-24-3-8-28(36)9-4-24)25-5-14-33-32(21-25)34(38-22-37-33)39-29-15-17-40(18-16-29)44(42,43)31-12-10-30(41)11-13-31/h1-14,21-22,26,29,41H,15-20H2,(H,37,38,39). The Morgan fingerprint density at radius 2 is 1.41 bits per heavy atom. The van der Waals surface area contributed by atoms with E-state index in [0.29, 0.717) is 36.0 Å². The molecule has 1 aliphatic heterocycles. The first kappa shape index (κ1) is 30.3. The summed E-state index contributed by atoms with van der Waals surface area (Å²) < 4.78 is 27.8. The molecule has 0 aliphatic carbocycles. The molecule has 1 saturated heterocycles. The Hall–Kier alpha value is -3.69. The van der Waals surface area contributed by atoms with Gasteiger partial charge in [-0.2, -0.15) is 4.31 Å². The molecule has 7 nitrogen and oxygen atoms in total. The third-order valence-corrected chi connectivity index (χ3v) is 10.6. The van der Waals surface area contributed by atoms with Crippen molar-refractivity contribution in [3.8, 4) is 5.75 Å². The van der Waals surface area contributed by atoms with Crippen molar-refractivity contribution in [2.24, 2.45) is 0 Å². The summed E-state index contributed by atoms with van der Waals surface area (Å²) in [6.07, 6.45) is 4.50. The van der Waals surface area contributed by atoms with Crippen LogP contribution in [-0.2, 0) is 22.9 Å². The van der Waals surface area contributed by atoms with E-state index in [1.807, 2.05) is 30.3 Å². The highest BCUT2D eigenvalue weighted by molar-refractivity contribution is 7.89. The number of aromatic nitrogens is 2. The number of halogens is 2. The first-order chi connectivity index (χ1) is 21.2. The average Bonchev–Trinajstić information content (AvgIpc) is 3.03. The highest BCUT2D eigenvalue weighted by Gasteiger charge is 2.30. The van der Waals surface area contributed by atoms with E-state index < -0.39 is 10.0 Å². The van der Waals surface area contributed by atoms with Crippen LogP contribution in [0, 0.1) is 0 Å². The van der Waals surface area contributed by atoms with E-state index in [4.69, 9.17) is 23.2 Å². The molecule has 0 unspecified atom stereocenters. The number of piperidine rings is 1. The summed E-state index contributed by atoms with van der Waals surface area (Å²) in [5.74, 6) is 0.963. The predicted octanol–water partition coefficient (Wildman–Crippen LogP) is 7.48. The van der Waals surface area contributed by atoms with Gasteiger partial charge in [0.15, 0.2) is 0 Å². The van der Waals surface area contributed by atoms with E-state index in [1.54, 1.807) is 6.33 Å². The number of nitrogens with zero attached hydrogens (tertiary/aromatic N) is 3. The van der Waals surface area contributed by atoms with Crippen LogP contribution in [0.2, 0.25) is 10.0 Å². The molecular weight excluding hydrogens is 615 g/mol. The highest BCUT2D eigenvalue weighted by atomic mass is 35.5. The molecule has 2 heterocycles. The van der Waals surface area contributed by atoms with Crippen LogP contribution in [0.4, 0.5) is 5.82 Å². The van der Waals surface area contributed by atoms with E-state index in [1.165, 1.54) is 45.3 Å². The Balaban J connectivity index is 1.22. The van der Waals surface area contributed by atoms with Crippen LogP contribution in [-0.4, -0.2) is 46.9 Å². The Morgan fingerprint density at radius 3 is 2.00 bits per heavy atom. The smallest absolute Gasteiger partial charge is 0.243 e. The van der Waals surface area contributed by atoms with Crippen molar-refractivity contribution in [2.75, 3.05) is 18.4 Å². The molecule has 44 heavy (non-hydrogen) atoms. The summed E-state index contributed by atoms with van der Waals surface area (Å²) in [6, 6.07) is 28.1. The van der Waals surface area contributed by atoms with Crippen LogP contribution in [0.3, 0.4) is 0 Å². The fourth-order valence-corrected chi connectivity index (χ4v) is 7.48. The molecule has 6 rings (SSSR count). The van der Waals surface area contributed by atoms with Crippen molar-refractivity contribution in [3.05, 3.63) is 124 Å². The Labute approximate surface area is 267 Å². The molecule has 1 fully saturated rings. The number of phenolic OH excluding ortho intramolecular Hbond substituents is 1. The predicted molar refractivity (Wildman–Crippen MR) is 176 cm³/mol. The Kier molecular flexibility index (Phi) is 9.05. The van der Waals surface area contributed by atoms with Crippen molar-refractivity contribution >= 4 is 49.9 Å². The number of sulfonamides is 1. The van der Waals surface area contributed by atoms with E-state index >= 15 is 0 Å². The second-order valence-electron chi connectivity index (χ2n) is 11.2. The molecule has 0 saturated carbocycles. The van der Waals surface area contributed by atoms with Crippen LogP contribution in [0.5, 0.6) is 5.75 Å². The van der Waals surface area contributed by atoms with Crippen LogP contribution in [0.15, 0.2) is 102 Å². The van der Waals surface area contributed by atoms with E-state index in [9.17, 15) is 13.5 Å². The molecule has 226 valence electrons. The highest BCUT2D eigenvalue weighted by Crippen LogP contribution is 2.32. The van der Waals surface area contributed by atoms with Gasteiger partial charge in [0.25, 0.3) is 0 Å². The van der Waals surface area contributed by atoms with Crippen molar-refractivity contribution < 1.29 is 13.5 Å². The first-order valence-corrected chi connectivity index (χ1v) is 16.7. The number of fused-ring (bicyclic) bond motifs is 1. The van der Waals surface area contributed by atoms with Gasteiger partial charge in [0.1, 0.15) is 17.9 Å². The van der Waals surface area contributed by atoms with Crippen LogP contribution in [0.25, 0.3) is 10.9 Å². The van der Waals surface area contributed by atoms with E-state index in [0.717, 1.165) is 29.6 Å². The van der Waals surface area contributed by atoms with Crippen molar-refractivity contribution in [3.63, 3.8) is 0 Å². The maximum atomic E-state index is 13.1. The third kappa shape index (κ3) is 7.00. The topological polar surface area (TPSA) is 95.4 Å². The quantitative estimate of drug-likeness (QED) is 0.172. The van der Waals surface area contributed by atoms with Gasteiger partial charge in [-0.05, 0) is 109 Å². The number of hydrogen-bond donors (Lipinski definition) is 2. The molecule has 0 atom stereocenters. The van der Waals surface area contributed by atoms with Gasteiger partial charge in [-0.15, -0.1) is 0 Å². The number of aromatic hydroxyl groups is 1. The van der Waals surface area contributed by atoms with Crippen LogP contribution < -0.4 is 5.32 Å². The second-order valence-corrected chi connectivity index (χ2v) is 14.0. The largest absolute Gasteiger partial charge is 0.508 e. The number of benzene rings is 4.